The molecule has 0 radical (unpaired) electrons. The van der Waals surface area contributed by atoms with Gasteiger partial charge in [-0.3, -0.25) is 0 Å². The van der Waals surface area contributed by atoms with Crippen molar-refractivity contribution in [1.82, 2.24) is 0 Å². The third-order valence-corrected chi connectivity index (χ3v) is 4.53. The first-order valence-corrected chi connectivity index (χ1v) is 7.27. The molecule has 1 heterocycles. The zero-order valence-electron chi connectivity index (χ0n) is 11.6. The predicted molar refractivity (Wildman–Crippen MR) is 88.0 cm³/mol. The highest BCUT2D eigenvalue weighted by Crippen LogP contribution is 2.41. The lowest BCUT2D eigenvalue weighted by molar-refractivity contribution is 1.12. The molecule has 1 nitrogen and oxygen atoms in total. The Hall–Kier alpha value is -2.11. The Morgan fingerprint density at radius 1 is 1.05 bits per heavy atom. The summed E-state index contributed by atoms with van der Waals surface area (Å²) in [5, 5.41) is 0. The Bertz CT molecular complexity index is 735. The summed E-state index contributed by atoms with van der Waals surface area (Å²) in [6.45, 7) is 0. The molecule has 20 heavy (non-hydrogen) atoms. The number of allylic oxidation sites excluding steroid dienone is 1. The van der Waals surface area contributed by atoms with E-state index in [0.29, 0.717) is 0 Å². The van der Waals surface area contributed by atoms with Gasteiger partial charge in [0.05, 0.1) is 0 Å². The van der Waals surface area contributed by atoms with Crippen LogP contribution in [0, 0.1) is 12.3 Å². The minimum atomic E-state index is 0.946. The minimum absolute atomic E-state index is 0.946. The number of hydrogen-bond donors (Lipinski definition) is 0. The summed E-state index contributed by atoms with van der Waals surface area (Å²) < 4.78 is 0. The number of rotatable bonds is 1. The van der Waals surface area contributed by atoms with Gasteiger partial charge >= 0.3 is 0 Å². The second kappa shape index (κ2) is 5.11. The first-order valence-electron chi connectivity index (χ1n) is 6.46. The molecule has 1 aliphatic rings. The van der Waals surface area contributed by atoms with E-state index < -0.39 is 0 Å². The number of hydrogen-bond acceptors (Lipinski definition) is 2. The van der Waals surface area contributed by atoms with Crippen LogP contribution in [0.1, 0.15) is 11.1 Å². The van der Waals surface area contributed by atoms with Crippen molar-refractivity contribution in [3.63, 3.8) is 0 Å². The topological polar surface area (TPSA) is 3.24 Å². The zero-order valence-corrected chi connectivity index (χ0v) is 12.4. The molecule has 0 unspecified atom stereocenters. The molecule has 0 amide bonds. The number of fused-ring (bicyclic) bond motifs is 2. The van der Waals surface area contributed by atoms with E-state index in [0.717, 1.165) is 16.8 Å². The average Bonchev–Trinajstić information content (AvgIpc) is 2.62. The second-order valence-corrected chi connectivity index (χ2v) is 6.00. The van der Waals surface area contributed by atoms with Crippen LogP contribution in [-0.4, -0.2) is 14.1 Å². The van der Waals surface area contributed by atoms with E-state index in [1.807, 2.05) is 20.2 Å². The molecule has 3 rings (SSSR count). The van der Waals surface area contributed by atoms with E-state index in [-0.39, 0.29) is 0 Å². The van der Waals surface area contributed by atoms with E-state index in [1.165, 1.54) is 15.4 Å². The van der Waals surface area contributed by atoms with Crippen LogP contribution in [0.5, 0.6) is 0 Å². The molecule has 0 bridgehead atoms. The van der Waals surface area contributed by atoms with E-state index in [2.05, 4.69) is 53.3 Å². The van der Waals surface area contributed by atoms with Crippen LogP contribution in [-0.2, 0) is 0 Å². The van der Waals surface area contributed by atoms with Crippen LogP contribution >= 0.6 is 11.8 Å². The standard InChI is InChI=1S/C18H15NS/c1-4-13-11-14-7-5-6-8-17(14)20-18-10-9-15(19(2)3)12-16(13)18/h1,5-12H,2-3H3. The van der Waals surface area contributed by atoms with Gasteiger partial charge in [-0.15, -0.1) is 6.42 Å². The number of terminal acetylenes is 1. The molecule has 2 aromatic carbocycles. The number of anilines is 1. The first-order chi connectivity index (χ1) is 9.69. The average molecular weight is 277 g/mol. The van der Waals surface area contributed by atoms with Gasteiger partial charge in [-0.25, -0.2) is 0 Å². The lowest BCUT2D eigenvalue weighted by atomic mass is 10.0. The smallest absolute Gasteiger partial charge is 0.0368 e. The minimum Gasteiger partial charge on any atom is -0.378 e. The molecule has 0 N–H and O–H groups in total. The molecule has 0 saturated heterocycles. The molecular weight excluding hydrogens is 262 g/mol. The van der Waals surface area contributed by atoms with Crippen LogP contribution in [0.4, 0.5) is 5.69 Å². The summed E-state index contributed by atoms with van der Waals surface area (Å²) in [5.74, 6) is 2.84. The molecular formula is C18H15NS. The Balaban J connectivity index is 2.22. The number of benzene rings is 2. The van der Waals surface area contributed by atoms with Crippen molar-refractivity contribution in [2.45, 2.75) is 9.79 Å². The van der Waals surface area contributed by atoms with Gasteiger partial charge in [-0.1, -0.05) is 35.9 Å². The quantitative estimate of drug-likeness (QED) is 0.711. The molecule has 0 aliphatic carbocycles. The van der Waals surface area contributed by atoms with Crippen molar-refractivity contribution in [3.05, 3.63) is 53.6 Å². The molecule has 0 atom stereocenters. The highest BCUT2D eigenvalue weighted by Gasteiger charge is 2.15. The summed E-state index contributed by atoms with van der Waals surface area (Å²) in [7, 11) is 4.08. The fraction of sp³-hybridized carbons (Fsp3) is 0.111. The van der Waals surface area contributed by atoms with Crippen LogP contribution in [0.25, 0.3) is 11.6 Å². The molecule has 1 aliphatic heterocycles. The van der Waals surface area contributed by atoms with Gasteiger partial charge in [0, 0.05) is 40.7 Å². The summed E-state index contributed by atoms with van der Waals surface area (Å²) >= 11 is 1.78. The Kier molecular flexibility index (Phi) is 3.30. The van der Waals surface area contributed by atoms with Gasteiger partial charge in [-0.05, 0) is 35.9 Å². The van der Waals surface area contributed by atoms with Crippen molar-refractivity contribution in [2.24, 2.45) is 0 Å². The van der Waals surface area contributed by atoms with Crippen molar-refractivity contribution in [1.29, 1.82) is 0 Å². The third kappa shape index (κ3) is 2.21. The Morgan fingerprint density at radius 3 is 2.60 bits per heavy atom. The van der Waals surface area contributed by atoms with E-state index >= 15 is 0 Å². The summed E-state index contributed by atoms with van der Waals surface area (Å²) in [6, 6.07) is 14.8. The molecule has 0 fully saturated rings. The van der Waals surface area contributed by atoms with Crippen molar-refractivity contribution < 1.29 is 0 Å². The van der Waals surface area contributed by atoms with Gasteiger partial charge < -0.3 is 4.90 Å². The maximum atomic E-state index is 5.73. The van der Waals surface area contributed by atoms with Crippen molar-refractivity contribution >= 4 is 29.1 Å². The normalized spacial score (nSPS) is 12.6. The molecule has 0 saturated carbocycles. The summed E-state index contributed by atoms with van der Waals surface area (Å²) in [6.07, 6.45) is 7.83. The first kappa shape index (κ1) is 12.9. The van der Waals surface area contributed by atoms with Gasteiger partial charge in [0.15, 0.2) is 0 Å². The van der Waals surface area contributed by atoms with Crippen LogP contribution in [0.2, 0.25) is 0 Å². The monoisotopic (exact) mass is 277 g/mol. The number of nitrogens with zero attached hydrogens (tertiary/aromatic N) is 1. The van der Waals surface area contributed by atoms with Crippen LogP contribution < -0.4 is 4.90 Å². The molecule has 98 valence electrons. The summed E-state index contributed by atoms with van der Waals surface area (Å²) in [4.78, 5) is 4.55. The Labute approximate surface area is 124 Å². The van der Waals surface area contributed by atoms with Crippen molar-refractivity contribution in [2.75, 3.05) is 19.0 Å². The van der Waals surface area contributed by atoms with Crippen molar-refractivity contribution in [3.8, 4) is 12.3 Å². The van der Waals surface area contributed by atoms with Crippen LogP contribution in [0.3, 0.4) is 0 Å². The lowest BCUT2D eigenvalue weighted by Crippen LogP contribution is -2.08. The highest BCUT2D eigenvalue weighted by atomic mass is 32.2. The zero-order chi connectivity index (χ0) is 14.1. The lowest BCUT2D eigenvalue weighted by Gasteiger charge is -2.15. The van der Waals surface area contributed by atoms with Gasteiger partial charge in [0.25, 0.3) is 0 Å². The maximum absolute atomic E-state index is 5.73. The predicted octanol–water partition coefficient (Wildman–Crippen LogP) is 4.39. The fourth-order valence-corrected chi connectivity index (χ4v) is 3.30. The second-order valence-electron chi connectivity index (χ2n) is 4.92. The van der Waals surface area contributed by atoms with E-state index in [1.54, 1.807) is 11.8 Å². The van der Waals surface area contributed by atoms with E-state index in [4.69, 9.17) is 6.42 Å². The Morgan fingerprint density at radius 2 is 1.85 bits per heavy atom. The molecule has 2 aromatic rings. The molecule has 0 aromatic heterocycles. The fourth-order valence-electron chi connectivity index (χ4n) is 2.26. The SMILES string of the molecule is C#CC1=Cc2ccccc2Sc2ccc(N(C)C)cc21. The maximum Gasteiger partial charge on any atom is 0.0368 e. The largest absolute Gasteiger partial charge is 0.378 e. The summed E-state index contributed by atoms with van der Waals surface area (Å²) in [5.41, 5.74) is 4.44. The third-order valence-electron chi connectivity index (χ3n) is 3.36. The molecule has 0 spiro atoms. The van der Waals surface area contributed by atoms with Crippen LogP contribution in [0.15, 0.2) is 52.3 Å². The molecule has 2 heteroatoms. The van der Waals surface area contributed by atoms with Gasteiger partial charge in [0.2, 0.25) is 0 Å². The highest BCUT2D eigenvalue weighted by molar-refractivity contribution is 7.99. The van der Waals surface area contributed by atoms with Gasteiger partial charge in [-0.2, -0.15) is 0 Å². The van der Waals surface area contributed by atoms with E-state index in [9.17, 15) is 0 Å². The van der Waals surface area contributed by atoms with Gasteiger partial charge in [0.1, 0.15) is 0 Å².